The first-order chi connectivity index (χ1) is 13.3. The zero-order valence-electron chi connectivity index (χ0n) is 15.9. The topological polar surface area (TPSA) is 114 Å². The zero-order chi connectivity index (χ0) is 20.7. The first kappa shape index (κ1) is 20.9. The molecule has 0 aromatic heterocycles. The van der Waals surface area contributed by atoms with E-state index in [0.717, 1.165) is 10.5 Å². The molecule has 150 valence electrons. The summed E-state index contributed by atoms with van der Waals surface area (Å²) in [6.07, 6.45) is 1.74. The van der Waals surface area contributed by atoms with Gasteiger partial charge in [-0.15, -0.1) is 0 Å². The van der Waals surface area contributed by atoms with Crippen LogP contribution in [0, 0.1) is 0 Å². The number of esters is 1. The van der Waals surface area contributed by atoms with E-state index >= 15 is 0 Å². The Labute approximate surface area is 162 Å². The molecule has 9 heteroatoms. The number of carbonyl (C=O) groups excluding carboxylic acids is 4. The summed E-state index contributed by atoms with van der Waals surface area (Å²) in [6, 6.07) is 5.60. The number of hydrogen-bond donors (Lipinski definition) is 2. The Kier molecular flexibility index (Phi) is 7.14. The largest absolute Gasteiger partial charge is 0.497 e. The summed E-state index contributed by atoms with van der Waals surface area (Å²) < 4.78 is 10.1. The lowest BCUT2D eigenvalue weighted by molar-refractivity contribution is -0.159. The van der Waals surface area contributed by atoms with Gasteiger partial charge in [-0.1, -0.05) is 12.1 Å². The van der Waals surface area contributed by atoms with E-state index in [4.69, 9.17) is 9.47 Å². The van der Waals surface area contributed by atoms with Gasteiger partial charge < -0.3 is 20.1 Å². The molecule has 0 aliphatic carbocycles. The van der Waals surface area contributed by atoms with Crippen molar-refractivity contribution in [1.82, 2.24) is 15.5 Å². The van der Waals surface area contributed by atoms with Crippen LogP contribution in [0.15, 0.2) is 30.3 Å². The Bertz CT molecular complexity index is 774. The maximum atomic E-state index is 12.1. The predicted octanol–water partition coefficient (Wildman–Crippen LogP) is 0.697. The van der Waals surface area contributed by atoms with Gasteiger partial charge in [-0.05, 0) is 37.6 Å². The van der Waals surface area contributed by atoms with Crippen LogP contribution in [-0.2, 0) is 19.1 Å². The summed E-state index contributed by atoms with van der Waals surface area (Å²) in [6.45, 7) is 3.41. The molecule has 1 saturated heterocycles. The number of urea groups is 1. The van der Waals surface area contributed by atoms with E-state index in [1.807, 2.05) is 0 Å². The van der Waals surface area contributed by atoms with E-state index in [-0.39, 0.29) is 6.54 Å². The van der Waals surface area contributed by atoms with Crippen LogP contribution in [-0.4, -0.2) is 61.1 Å². The summed E-state index contributed by atoms with van der Waals surface area (Å²) in [5, 5.41) is 4.96. The molecule has 4 amide bonds. The van der Waals surface area contributed by atoms with Gasteiger partial charge in [-0.2, -0.15) is 0 Å². The summed E-state index contributed by atoms with van der Waals surface area (Å²) >= 11 is 0. The van der Waals surface area contributed by atoms with Gasteiger partial charge in [0, 0.05) is 19.2 Å². The molecule has 0 spiro atoms. The van der Waals surface area contributed by atoms with Crippen molar-refractivity contribution in [3.8, 4) is 5.75 Å². The van der Waals surface area contributed by atoms with Crippen molar-refractivity contribution in [2.75, 3.05) is 20.2 Å². The van der Waals surface area contributed by atoms with Gasteiger partial charge in [0.2, 0.25) is 5.91 Å². The van der Waals surface area contributed by atoms with Crippen LogP contribution in [0.1, 0.15) is 19.4 Å². The molecule has 1 aliphatic heterocycles. The molecule has 2 atom stereocenters. The molecule has 1 fully saturated rings. The van der Waals surface area contributed by atoms with Gasteiger partial charge in [-0.25, -0.2) is 9.59 Å². The monoisotopic (exact) mass is 389 g/mol. The molecule has 9 nitrogen and oxygen atoms in total. The number of imide groups is 1. The molecule has 0 bridgehead atoms. The van der Waals surface area contributed by atoms with Gasteiger partial charge in [-0.3, -0.25) is 14.5 Å². The molecule has 28 heavy (non-hydrogen) atoms. The number of nitrogens with zero attached hydrogens (tertiary/aromatic N) is 1. The van der Waals surface area contributed by atoms with Gasteiger partial charge >= 0.3 is 12.0 Å². The minimum Gasteiger partial charge on any atom is -0.497 e. The van der Waals surface area contributed by atoms with Crippen molar-refractivity contribution >= 4 is 29.9 Å². The van der Waals surface area contributed by atoms with E-state index in [9.17, 15) is 19.2 Å². The predicted molar refractivity (Wildman–Crippen MR) is 100 cm³/mol. The number of nitrogens with one attached hydrogen (secondary N) is 2. The molecule has 1 unspecified atom stereocenters. The van der Waals surface area contributed by atoms with Crippen molar-refractivity contribution < 1.29 is 28.7 Å². The number of hydrogen-bond acceptors (Lipinski definition) is 6. The number of ether oxygens (including phenoxy) is 2. The first-order valence-corrected chi connectivity index (χ1v) is 8.74. The molecule has 2 rings (SSSR count). The molecule has 2 N–H and O–H groups in total. The minimum absolute atomic E-state index is 0.224. The average molecular weight is 389 g/mol. The zero-order valence-corrected chi connectivity index (χ0v) is 15.9. The van der Waals surface area contributed by atoms with Crippen LogP contribution in [0.25, 0.3) is 6.08 Å². The van der Waals surface area contributed by atoms with Crippen molar-refractivity contribution in [2.24, 2.45) is 0 Å². The van der Waals surface area contributed by atoms with Crippen molar-refractivity contribution in [3.05, 3.63) is 35.9 Å². The van der Waals surface area contributed by atoms with Crippen LogP contribution in [0.3, 0.4) is 0 Å². The minimum atomic E-state index is -1.13. The Balaban J connectivity index is 1.83. The van der Waals surface area contributed by atoms with E-state index < -0.39 is 36.0 Å². The number of rotatable bonds is 7. The molecule has 0 saturated carbocycles. The van der Waals surface area contributed by atoms with Gasteiger partial charge in [0.1, 0.15) is 11.8 Å². The van der Waals surface area contributed by atoms with Crippen LogP contribution in [0.4, 0.5) is 4.79 Å². The third kappa shape index (κ3) is 5.57. The fourth-order valence-electron chi connectivity index (χ4n) is 2.44. The lowest BCUT2D eigenvalue weighted by Gasteiger charge is -2.20. The van der Waals surface area contributed by atoms with Crippen molar-refractivity contribution in [3.63, 3.8) is 0 Å². The highest BCUT2D eigenvalue weighted by Crippen LogP contribution is 2.12. The molecule has 1 heterocycles. The Morgan fingerprint density at radius 1 is 1.21 bits per heavy atom. The number of benzene rings is 1. The fraction of sp³-hybridized carbons (Fsp3) is 0.368. The van der Waals surface area contributed by atoms with Crippen LogP contribution < -0.4 is 15.4 Å². The Morgan fingerprint density at radius 3 is 2.46 bits per heavy atom. The number of carbonyl (C=O) groups is 4. The van der Waals surface area contributed by atoms with E-state index in [1.165, 1.54) is 19.9 Å². The summed E-state index contributed by atoms with van der Waals surface area (Å²) in [5.41, 5.74) is 0.786. The van der Waals surface area contributed by atoms with Gasteiger partial charge in [0.15, 0.2) is 6.10 Å². The summed E-state index contributed by atoms with van der Waals surface area (Å²) in [7, 11) is 1.56. The van der Waals surface area contributed by atoms with E-state index in [2.05, 4.69) is 10.6 Å². The van der Waals surface area contributed by atoms with Crippen molar-refractivity contribution in [1.29, 1.82) is 0 Å². The molecule has 1 aromatic carbocycles. The summed E-state index contributed by atoms with van der Waals surface area (Å²) in [5.74, 6) is -1.17. The normalized spacial score (nSPS) is 15.7. The average Bonchev–Trinajstić information content (AvgIpc) is 3.11. The van der Waals surface area contributed by atoms with E-state index in [1.54, 1.807) is 37.5 Å². The lowest BCUT2D eigenvalue weighted by Crippen LogP contribution is -2.45. The Hall–Kier alpha value is -3.36. The maximum absolute atomic E-state index is 12.1. The Morgan fingerprint density at radius 2 is 1.89 bits per heavy atom. The molecular formula is C19H23N3O6. The van der Waals surface area contributed by atoms with Crippen molar-refractivity contribution in [2.45, 2.75) is 26.0 Å². The van der Waals surface area contributed by atoms with Crippen LogP contribution in [0.5, 0.6) is 5.75 Å². The lowest BCUT2D eigenvalue weighted by atomic mass is 10.2. The first-order valence-electron chi connectivity index (χ1n) is 8.74. The second-order valence-corrected chi connectivity index (χ2v) is 6.14. The highest BCUT2D eigenvalue weighted by molar-refractivity contribution is 5.99. The fourth-order valence-corrected chi connectivity index (χ4v) is 2.44. The van der Waals surface area contributed by atoms with Crippen LogP contribution in [0.2, 0.25) is 0 Å². The van der Waals surface area contributed by atoms with Gasteiger partial charge in [0.25, 0.3) is 5.91 Å². The smallest absolute Gasteiger partial charge is 0.329 e. The quantitative estimate of drug-likeness (QED) is 0.524. The van der Waals surface area contributed by atoms with Crippen LogP contribution >= 0.6 is 0 Å². The highest BCUT2D eigenvalue weighted by Gasteiger charge is 2.32. The highest BCUT2D eigenvalue weighted by atomic mass is 16.5. The molecule has 1 aliphatic rings. The molecule has 0 radical (unpaired) electrons. The number of amides is 4. The van der Waals surface area contributed by atoms with E-state index in [0.29, 0.717) is 12.3 Å². The molecule has 1 aromatic rings. The second-order valence-electron chi connectivity index (χ2n) is 6.14. The standard InChI is InChI=1S/C19H23N3O6/c1-12(18(25)28-13(2)17(24)22-11-10-20-19(22)26)21-16(23)9-6-14-4-7-15(27-3)8-5-14/h4-9,12-13H,10-11H2,1-3H3,(H,20,26)(H,21,23)/t12-,13?/m0/s1. The van der Waals surface area contributed by atoms with Gasteiger partial charge in [0.05, 0.1) is 7.11 Å². The second kappa shape index (κ2) is 9.54. The number of methoxy groups -OCH3 is 1. The third-order valence-corrected chi connectivity index (χ3v) is 4.02. The molecular weight excluding hydrogens is 366 g/mol. The SMILES string of the molecule is COc1ccc(C=CC(=O)N[C@@H](C)C(=O)OC(C)C(=O)N2CCNC2=O)cc1. The maximum Gasteiger partial charge on any atom is 0.329 e. The third-order valence-electron chi connectivity index (χ3n) is 4.02. The summed E-state index contributed by atoms with van der Waals surface area (Å²) in [4.78, 5) is 48.7.